The van der Waals surface area contributed by atoms with Gasteiger partial charge in [-0.25, -0.2) is 0 Å². The molecule has 0 atom stereocenters. The van der Waals surface area contributed by atoms with Crippen molar-refractivity contribution in [2.45, 2.75) is 0 Å². The molecule has 0 unspecified atom stereocenters. The number of hydrogen-bond acceptors (Lipinski definition) is 7. The quantitative estimate of drug-likeness (QED) is 0.610. The summed E-state index contributed by atoms with van der Waals surface area (Å²) in [4.78, 5) is 0. The average molecular weight is 372 g/mol. The maximum atomic E-state index is 10.1. The van der Waals surface area contributed by atoms with E-state index in [2.05, 4.69) is 10.2 Å². The summed E-state index contributed by atoms with van der Waals surface area (Å²) in [6, 6.07) is 8.49. The van der Waals surface area contributed by atoms with Gasteiger partial charge >= 0.3 is 0 Å². The Kier molecular flexibility index (Phi) is 4.98. The number of benzene rings is 2. The Labute approximate surface area is 155 Å². The first-order valence-electron chi connectivity index (χ1n) is 7.98. The zero-order valence-electron chi connectivity index (χ0n) is 15.4. The van der Waals surface area contributed by atoms with Crippen LogP contribution in [0.3, 0.4) is 0 Å². The van der Waals surface area contributed by atoms with Crippen molar-refractivity contribution >= 4 is 0 Å². The number of aromatic nitrogens is 2. The predicted molar refractivity (Wildman–Crippen MR) is 99.0 cm³/mol. The van der Waals surface area contributed by atoms with Crippen LogP contribution in [0.25, 0.3) is 22.5 Å². The van der Waals surface area contributed by atoms with Crippen LogP contribution in [0.1, 0.15) is 0 Å². The van der Waals surface area contributed by atoms with Crippen LogP contribution >= 0.6 is 0 Å². The van der Waals surface area contributed by atoms with Crippen LogP contribution in [0, 0.1) is 0 Å². The summed E-state index contributed by atoms with van der Waals surface area (Å²) in [5.74, 6) is 0.981. The van der Waals surface area contributed by atoms with E-state index in [1.54, 1.807) is 24.3 Å². The molecule has 1 heterocycles. The number of methoxy groups -OCH3 is 4. The molecule has 0 aliphatic rings. The van der Waals surface area contributed by atoms with Crippen molar-refractivity contribution in [1.29, 1.82) is 0 Å². The van der Waals surface area contributed by atoms with E-state index in [1.807, 2.05) is 6.07 Å². The van der Waals surface area contributed by atoms with E-state index in [9.17, 15) is 10.2 Å². The van der Waals surface area contributed by atoms with Crippen molar-refractivity contribution in [3.63, 3.8) is 0 Å². The fraction of sp³-hybridized carbons (Fsp3) is 0.211. The Morgan fingerprint density at radius 1 is 0.667 bits per heavy atom. The maximum Gasteiger partial charge on any atom is 0.200 e. The molecule has 1 aromatic heterocycles. The lowest BCUT2D eigenvalue weighted by molar-refractivity contribution is 0.340. The number of aromatic amines is 1. The molecule has 0 bridgehead atoms. The smallest absolute Gasteiger partial charge is 0.200 e. The highest BCUT2D eigenvalue weighted by atomic mass is 16.5. The molecule has 3 aromatic rings. The van der Waals surface area contributed by atoms with E-state index in [1.165, 1.54) is 28.4 Å². The number of ether oxygens (including phenoxy) is 4. The molecule has 0 saturated carbocycles. The molecule has 0 amide bonds. The van der Waals surface area contributed by atoms with Crippen LogP contribution in [-0.4, -0.2) is 48.8 Å². The second kappa shape index (κ2) is 7.36. The van der Waals surface area contributed by atoms with Gasteiger partial charge in [-0.15, -0.1) is 0 Å². The molecule has 3 rings (SSSR count). The van der Waals surface area contributed by atoms with Crippen LogP contribution in [0.5, 0.6) is 34.5 Å². The van der Waals surface area contributed by atoms with E-state index in [4.69, 9.17) is 18.9 Å². The summed E-state index contributed by atoms with van der Waals surface area (Å²) in [7, 11) is 5.85. The highest BCUT2D eigenvalue weighted by molar-refractivity contribution is 5.74. The third-order valence-electron chi connectivity index (χ3n) is 4.14. The predicted octanol–water partition coefficient (Wildman–Crippen LogP) is 3.19. The summed E-state index contributed by atoms with van der Waals surface area (Å²) in [6.07, 6.45) is 0. The third kappa shape index (κ3) is 3.29. The first kappa shape index (κ1) is 18.2. The minimum absolute atomic E-state index is 0.0727. The number of aromatic hydroxyl groups is 2. The second-order valence-electron chi connectivity index (χ2n) is 5.63. The van der Waals surface area contributed by atoms with Crippen molar-refractivity contribution in [2.24, 2.45) is 0 Å². The van der Waals surface area contributed by atoms with Gasteiger partial charge in [-0.1, -0.05) is 0 Å². The summed E-state index contributed by atoms with van der Waals surface area (Å²) in [5.41, 5.74) is 2.72. The zero-order chi connectivity index (χ0) is 19.6. The topological polar surface area (TPSA) is 106 Å². The molecule has 0 saturated heterocycles. The minimum atomic E-state index is -0.0764. The van der Waals surface area contributed by atoms with Gasteiger partial charge in [0.25, 0.3) is 0 Å². The van der Waals surface area contributed by atoms with Gasteiger partial charge in [0.05, 0.1) is 39.8 Å². The van der Waals surface area contributed by atoms with Gasteiger partial charge in [0, 0.05) is 11.1 Å². The number of nitrogens with one attached hydrogen (secondary N) is 1. The standard InChI is InChI=1S/C19H20N2O6/c1-24-14-5-10(6-15(25-2)18(14)22)12-9-13(21-20-12)11-7-16(26-3)19(23)17(8-11)27-4/h5-9,22-23H,1-4H3,(H,20,21). The van der Waals surface area contributed by atoms with Crippen LogP contribution in [-0.2, 0) is 0 Å². The Bertz CT molecular complexity index is 841. The second-order valence-corrected chi connectivity index (χ2v) is 5.63. The van der Waals surface area contributed by atoms with Gasteiger partial charge in [-0.3, -0.25) is 5.10 Å². The number of phenolic OH excluding ortho intramolecular Hbond substituents is 2. The maximum absolute atomic E-state index is 10.1. The van der Waals surface area contributed by atoms with Crippen LogP contribution in [0.15, 0.2) is 30.3 Å². The van der Waals surface area contributed by atoms with E-state index in [-0.39, 0.29) is 34.5 Å². The molecule has 0 aliphatic heterocycles. The average Bonchev–Trinajstić information content (AvgIpc) is 3.18. The van der Waals surface area contributed by atoms with Gasteiger partial charge in [0.1, 0.15) is 0 Å². The molecular weight excluding hydrogens is 352 g/mol. The lowest BCUT2D eigenvalue weighted by Crippen LogP contribution is -1.90. The molecule has 8 nitrogen and oxygen atoms in total. The van der Waals surface area contributed by atoms with Gasteiger partial charge in [0.15, 0.2) is 23.0 Å². The largest absolute Gasteiger partial charge is 0.502 e. The summed E-state index contributed by atoms with van der Waals surface area (Å²) >= 11 is 0. The van der Waals surface area contributed by atoms with Crippen molar-refractivity contribution in [3.05, 3.63) is 30.3 Å². The number of hydrogen-bond donors (Lipinski definition) is 3. The molecule has 0 radical (unpaired) electrons. The third-order valence-corrected chi connectivity index (χ3v) is 4.14. The fourth-order valence-electron chi connectivity index (χ4n) is 2.71. The molecule has 3 N–H and O–H groups in total. The SMILES string of the molecule is COc1cc(-c2cc(-c3cc(OC)c(O)c(OC)c3)[nH]n2)cc(OC)c1O. The first-order valence-corrected chi connectivity index (χ1v) is 7.98. The number of H-pyrrole nitrogens is 1. The zero-order valence-corrected chi connectivity index (χ0v) is 15.4. The highest BCUT2D eigenvalue weighted by Gasteiger charge is 2.17. The fourth-order valence-corrected chi connectivity index (χ4v) is 2.71. The van der Waals surface area contributed by atoms with Gasteiger partial charge in [0.2, 0.25) is 11.5 Å². The molecule has 0 fully saturated rings. The van der Waals surface area contributed by atoms with Crippen molar-refractivity contribution in [2.75, 3.05) is 28.4 Å². The van der Waals surface area contributed by atoms with Crippen LogP contribution in [0.2, 0.25) is 0 Å². The van der Waals surface area contributed by atoms with E-state index < -0.39 is 0 Å². The van der Waals surface area contributed by atoms with Crippen molar-refractivity contribution < 1.29 is 29.2 Å². The molecule has 8 heteroatoms. The molecular formula is C19H20N2O6. The van der Waals surface area contributed by atoms with Crippen LogP contribution in [0.4, 0.5) is 0 Å². The van der Waals surface area contributed by atoms with Crippen LogP contribution < -0.4 is 18.9 Å². The number of rotatable bonds is 6. The van der Waals surface area contributed by atoms with E-state index in [0.29, 0.717) is 17.0 Å². The lowest BCUT2D eigenvalue weighted by Gasteiger charge is -2.10. The molecule has 27 heavy (non-hydrogen) atoms. The highest BCUT2D eigenvalue weighted by Crippen LogP contribution is 2.42. The van der Waals surface area contributed by atoms with E-state index >= 15 is 0 Å². The molecule has 0 spiro atoms. The van der Waals surface area contributed by atoms with E-state index in [0.717, 1.165) is 5.56 Å². The summed E-state index contributed by atoms with van der Waals surface area (Å²) < 4.78 is 20.8. The Balaban J connectivity index is 2.06. The van der Waals surface area contributed by atoms with Gasteiger partial charge in [-0.2, -0.15) is 5.10 Å². The Morgan fingerprint density at radius 3 is 1.48 bits per heavy atom. The number of phenols is 2. The summed E-state index contributed by atoms with van der Waals surface area (Å²) in [6.45, 7) is 0. The normalized spacial score (nSPS) is 10.5. The lowest BCUT2D eigenvalue weighted by atomic mass is 10.1. The van der Waals surface area contributed by atoms with Gasteiger partial charge in [-0.05, 0) is 30.3 Å². The van der Waals surface area contributed by atoms with Gasteiger partial charge < -0.3 is 29.2 Å². The molecule has 2 aromatic carbocycles. The summed E-state index contributed by atoms with van der Waals surface area (Å²) in [5, 5.41) is 27.4. The van der Waals surface area contributed by atoms with Crippen molar-refractivity contribution in [3.8, 4) is 57.0 Å². The monoisotopic (exact) mass is 372 g/mol. The molecule has 0 aliphatic carbocycles. The number of nitrogens with zero attached hydrogens (tertiary/aromatic N) is 1. The molecule has 142 valence electrons. The van der Waals surface area contributed by atoms with Crippen molar-refractivity contribution in [1.82, 2.24) is 10.2 Å². The Morgan fingerprint density at radius 2 is 1.07 bits per heavy atom. The Hall–Kier alpha value is -3.55. The first-order chi connectivity index (χ1) is 13.0. The minimum Gasteiger partial charge on any atom is -0.502 e.